The predicted octanol–water partition coefficient (Wildman–Crippen LogP) is -0.0811. The van der Waals surface area contributed by atoms with Crippen molar-refractivity contribution in [3.63, 3.8) is 0 Å². The van der Waals surface area contributed by atoms with Crippen LogP contribution in [0, 0.1) is 5.92 Å². The molecule has 18 heavy (non-hydrogen) atoms. The molecule has 2 atom stereocenters. The van der Waals surface area contributed by atoms with Crippen LogP contribution in [-0.4, -0.2) is 30.3 Å². The molecule has 0 radical (unpaired) electrons. The van der Waals surface area contributed by atoms with Crippen molar-refractivity contribution in [1.82, 2.24) is 10.6 Å². The Morgan fingerprint density at radius 1 is 1.17 bits per heavy atom. The molecule has 6 heteroatoms. The Balaban J connectivity index is 4.11. The zero-order valence-electron chi connectivity index (χ0n) is 11.3. The van der Waals surface area contributed by atoms with Crippen LogP contribution in [0.4, 0.5) is 0 Å². The molecular weight excluding hydrogens is 234 g/mol. The summed E-state index contributed by atoms with van der Waals surface area (Å²) in [7, 11) is 0. The number of nitrogens with one attached hydrogen (secondary N) is 2. The lowest BCUT2D eigenvalue weighted by Gasteiger charge is -2.21. The lowest BCUT2D eigenvalue weighted by molar-refractivity contribution is -0.128. The molecule has 0 aromatic carbocycles. The smallest absolute Gasteiger partial charge is 0.240 e. The topological polar surface area (TPSA) is 101 Å². The SMILES string of the molecule is CCC(=O)NCCC(=O)N[C@H](C(N)=O)[C@@H](C)CC. The summed E-state index contributed by atoms with van der Waals surface area (Å²) in [5.74, 6) is -0.918. The minimum Gasteiger partial charge on any atom is -0.368 e. The Hall–Kier alpha value is -1.59. The van der Waals surface area contributed by atoms with Crippen LogP contribution in [0.25, 0.3) is 0 Å². The molecule has 0 heterocycles. The summed E-state index contributed by atoms with van der Waals surface area (Å²) in [4.78, 5) is 33.7. The molecule has 0 bridgehead atoms. The van der Waals surface area contributed by atoms with Crippen molar-refractivity contribution in [1.29, 1.82) is 0 Å². The highest BCUT2D eigenvalue weighted by Crippen LogP contribution is 2.07. The third-order valence-corrected chi connectivity index (χ3v) is 2.83. The fourth-order valence-electron chi connectivity index (χ4n) is 1.42. The number of hydrogen-bond donors (Lipinski definition) is 3. The van der Waals surface area contributed by atoms with Gasteiger partial charge in [-0.25, -0.2) is 0 Å². The van der Waals surface area contributed by atoms with Crippen LogP contribution in [0.3, 0.4) is 0 Å². The number of carbonyl (C=O) groups is 3. The van der Waals surface area contributed by atoms with E-state index in [2.05, 4.69) is 10.6 Å². The van der Waals surface area contributed by atoms with Crippen LogP contribution in [0.1, 0.15) is 40.0 Å². The Kier molecular flexibility index (Phi) is 7.74. The van der Waals surface area contributed by atoms with Crippen LogP contribution >= 0.6 is 0 Å². The van der Waals surface area contributed by atoms with Crippen molar-refractivity contribution in [2.24, 2.45) is 11.7 Å². The Labute approximate surface area is 108 Å². The standard InChI is InChI=1S/C12H23N3O3/c1-4-8(3)11(12(13)18)15-10(17)6-7-14-9(16)5-2/h8,11H,4-7H2,1-3H3,(H2,13,18)(H,14,16)(H,15,17)/t8-,11-/m0/s1. The van der Waals surface area contributed by atoms with E-state index in [0.29, 0.717) is 6.42 Å². The maximum Gasteiger partial charge on any atom is 0.240 e. The van der Waals surface area contributed by atoms with E-state index in [0.717, 1.165) is 6.42 Å². The summed E-state index contributed by atoms with van der Waals surface area (Å²) < 4.78 is 0. The molecule has 0 aromatic heterocycles. The van der Waals surface area contributed by atoms with Crippen LogP contribution in [0.15, 0.2) is 0 Å². The van der Waals surface area contributed by atoms with Crippen LogP contribution in [0.5, 0.6) is 0 Å². The summed E-state index contributed by atoms with van der Waals surface area (Å²) in [6.07, 6.45) is 1.28. The summed E-state index contributed by atoms with van der Waals surface area (Å²) in [5, 5.41) is 5.19. The summed E-state index contributed by atoms with van der Waals surface area (Å²) in [6, 6.07) is -0.649. The maximum atomic E-state index is 11.6. The second-order valence-electron chi connectivity index (χ2n) is 4.29. The molecule has 6 nitrogen and oxygen atoms in total. The average molecular weight is 257 g/mol. The molecule has 0 saturated heterocycles. The molecule has 4 N–H and O–H groups in total. The number of amides is 3. The average Bonchev–Trinajstić information content (AvgIpc) is 2.34. The van der Waals surface area contributed by atoms with Gasteiger partial charge in [0.2, 0.25) is 17.7 Å². The van der Waals surface area contributed by atoms with Gasteiger partial charge in [-0.3, -0.25) is 14.4 Å². The van der Waals surface area contributed by atoms with Gasteiger partial charge in [0.1, 0.15) is 6.04 Å². The van der Waals surface area contributed by atoms with Gasteiger partial charge >= 0.3 is 0 Å². The number of carbonyl (C=O) groups excluding carboxylic acids is 3. The lowest BCUT2D eigenvalue weighted by Crippen LogP contribution is -2.48. The van der Waals surface area contributed by atoms with Crippen molar-refractivity contribution in [3.8, 4) is 0 Å². The molecule has 104 valence electrons. The van der Waals surface area contributed by atoms with Gasteiger partial charge in [-0.2, -0.15) is 0 Å². The van der Waals surface area contributed by atoms with Gasteiger partial charge in [0.05, 0.1) is 0 Å². The van der Waals surface area contributed by atoms with Crippen LogP contribution in [0.2, 0.25) is 0 Å². The van der Waals surface area contributed by atoms with Crippen LogP contribution < -0.4 is 16.4 Å². The molecule has 0 spiro atoms. The van der Waals surface area contributed by atoms with Crippen molar-refractivity contribution >= 4 is 17.7 Å². The minimum atomic E-state index is -0.649. The molecule has 0 unspecified atom stereocenters. The third kappa shape index (κ3) is 6.22. The fraction of sp³-hybridized carbons (Fsp3) is 0.750. The largest absolute Gasteiger partial charge is 0.368 e. The first-order valence-electron chi connectivity index (χ1n) is 6.27. The van der Waals surface area contributed by atoms with Gasteiger partial charge in [-0.1, -0.05) is 27.2 Å². The zero-order chi connectivity index (χ0) is 14.1. The first-order chi connectivity index (χ1) is 8.42. The molecule has 0 fully saturated rings. The number of rotatable bonds is 8. The normalized spacial score (nSPS) is 13.5. The fourth-order valence-corrected chi connectivity index (χ4v) is 1.42. The van der Waals surface area contributed by atoms with Crippen molar-refractivity contribution in [2.75, 3.05) is 6.54 Å². The van der Waals surface area contributed by atoms with E-state index in [4.69, 9.17) is 5.73 Å². The van der Waals surface area contributed by atoms with Gasteiger partial charge in [-0.15, -0.1) is 0 Å². The molecule has 0 aliphatic carbocycles. The molecule has 0 aliphatic heterocycles. The van der Waals surface area contributed by atoms with E-state index >= 15 is 0 Å². The van der Waals surface area contributed by atoms with Crippen molar-refractivity contribution < 1.29 is 14.4 Å². The summed E-state index contributed by atoms with van der Waals surface area (Å²) >= 11 is 0. The van der Waals surface area contributed by atoms with Gasteiger partial charge in [0, 0.05) is 19.4 Å². The molecular formula is C12H23N3O3. The van der Waals surface area contributed by atoms with Crippen molar-refractivity contribution in [2.45, 2.75) is 46.1 Å². The molecule has 0 aromatic rings. The Morgan fingerprint density at radius 2 is 1.78 bits per heavy atom. The van der Waals surface area contributed by atoms with E-state index < -0.39 is 11.9 Å². The molecule has 0 aliphatic rings. The number of hydrogen-bond acceptors (Lipinski definition) is 3. The second-order valence-corrected chi connectivity index (χ2v) is 4.29. The first kappa shape index (κ1) is 16.4. The first-order valence-corrected chi connectivity index (χ1v) is 6.27. The lowest BCUT2D eigenvalue weighted by atomic mass is 9.98. The minimum absolute atomic E-state index is 0.00307. The molecule has 0 rings (SSSR count). The highest BCUT2D eigenvalue weighted by Gasteiger charge is 2.23. The van der Waals surface area contributed by atoms with Gasteiger partial charge < -0.3 is 16.4 Å². The maximum absolute atomic E-state index is 11.6. The summed E-state index contributed by atoms with van der Waals surface area (Å²) in [5.41, 5.74) is 5.24. The second kappa shape index (κ2) is 8.49. The Morgan fingerprint density at radius 3 is 2.22 bits per heavy atom. The van der Waals surface area contributed by atoms with E-state index in [-0.39, 0.29) is 30.7 Å². The quantitative estimate of drug-likeness (QED) is 0.566. The van der Waals surface area contributed by atoms with Gasteiger partial charge in [0.15, 0.2) is 0 Å². The predicted molar refractivity (Wildman–Crippen MR) is 68.5 cm³/mol. The van der Waals surface area contributed by atoms with E-state index in [1.165, 1.54) is 0 Å². The molecule has 0 saturated carbocycles. The summed E-state index contributed by atoms with van der Waals surface area (Å²) in [6.45, 7) is 5.79. The third-order valence-electron chi connectivity index (χ3n) is 2.83. The Bertz CT molecular complexity index is 305. The van der Waals surface area contributed by atoms with E-state index in [9.17, 15) is 14.4 Å². The van der Waals surface area contributed by atoms with E-state index in [1.807, 2.05) is 13.8 Å². The monoisotopic (exact) mass is 257 g/mol. The van der Waals surface area contributed by atoms with Crippen molar-refractivity contribution in [3.05, 3.63) is 0 Å². The highest BCUT2D eigenvalue weighted by molar-refractivity contribution is 5.87. The van der Waals surface area contributed by atoms with Gasteiger partial charge in [0.25, 0.3) is 0 Å². The van der Waals surface area contributed by atoms with E-state index in [1.54, 1.807) is 6.92 Å². The zero-order valence-corrected chi connectivity index (χ0v) is 11.3. The van der Waals surface area contributed by atoms with Gasteiger partial charge in [-0.05, 0) is 5.92 Å². The molecule has 3 amide bonds. The number of primary amides is 1. The number of nitrogens with two attached hydrogens (primary N) is 1. The van der Waals surface area contributed by atoms with Crippen LogP contribution in [-0.2, 0) is 14.4 Å². The highest BCUT2D eigenvalue weighted by atomic mass is 16.2.